The molecule has 4 N–H and O–H groups in total. The second-order valence-electron chi connectivity index (χ2n) is 5.17. The van der Waals surface area contributed by atoms with Gasteiger partial charge in [-0.25, -0.2) is 0 Å². The molecule has 0 bridgehead atoms. The summed E-state index contributed by atoms with van der Waals surface area (Å²) < 4.78 is 0. The summed E-state index contributed by atoms with van der Waals surface area (Å²) in [5.74, 6) is -0.0821. The molecule has 1 rings (SSSR count). The number of nitrogen functional groups attached to an aromatic ring is 1. The molecule has 0 atom stereocenters. The van der Waals surface area contributed by atoms with Gasteiger partial charge in [-0.3, -0.25) is 4.79 Å². The van der Waals surface area contributed by atoms with Crippen LogP contribution in [0.1, 0.15) is 24.2 Å². The SMILES string of the molecule is CN(C)C(=O)c1ccc(N)c(NCC(C)(C)O)c1. The summed E-state index contributed by atoms with van der Waals surface area (Å²) in [4.78, 5) is 13.3. The number of nitrogens with one attached hydrogen (secondary N) is 1. The molecule has 0 aliphatic carbocycles. The zero-order valence-corrected chi connectivity index (χ0v) is 11.3. The number of hydrogen-bond donors (Lipinski definition) is 3. The summed E-state index contributed by atoms with van der Waals surface area (Å²) in [6.45, 7) is 3.76. The molecule has 18 heavy (non-hydrogen) atoms. The molecule has 0 aliphatic rings. The number of rotatable bonds is 4. The molecular formula is C13H21N3O2. The van der Waals surface area contributed by atoms with Gasteiger partial charge in [-0.15, -0.1) is 0 Å². The maximum Gasteiger partial charge on any atom is 0.253 e. The van der Waals surface area contributed by atoms with E-state index in [0.717, 1.165) is 0 Å². The van der Waals surface area contributed by atoms with Crippen LogP contribution in [0.4, 0.5) is 11.4 Å². The summed E-state index contributed by atoms with van der Waals surface area (Å²) in [7, 11) is 3.39. The Labute approximate surface area is 108 Å². The Morgan fingerprint density at radius 2 is 2.06 bits per heavy atom. The van der Waals surface area contributed by atoms with Gasteiger partial charge in [0.2, 0.25) is 0 Å². The van der Waals surface area contributed by atoms with Gasteiger partial charge in [-0.05, 0) is 32.0 Å². The first-order valence-corrected chi connectivity index (χ1v) is 5.78. The summed E-state index contributed by atoms with van der Waals surface area (Å²) in [5.41, 5.74) is 6.76. The molecule has 0 aromatic heterocycles. The van der Waals surface area contributed by atoms with Crippen LogP contribution in [0.3, 0.4) is 0 Å². The molecule has 0 spiro atoms. The van der Waals surface area contributed by atoms with Crippen LogP contribution in [-0.2, 0) is 0 Å². The standard InChI is InChI=1S/C13H21N3O2/c1-13(2,18)8-15-11-7-9(5-6-10(11)14)12(17)16(3)4/h5-7,15,18H,8,14H2,1-4H3. The number of hydrogen-bond acceptors (Lipinski definition) is 4. The first-order valence-electron chi connectivity index (χ1n) is 5.78. The Morgan fingerprint density at radius 1 is 1.44 bits per heavy atom. The lowest BCUT2D eigenvalue weighted by molar-refractivity contribution is 0.0827. The third-order valence-electron chi connectivity index (χ3n) is 2.42. The van der Waals surface area contributed by atoms with Crippen molar-refractivity contribution in [2.24, 2.45) is 0 Å². The minimum Gasteiger partial charge on any atom is -0.397 e. The summed E-state index contributed by atoms with van der Waals surface area (Å²) in [6.07, 6.45) is 0. The second kappa shape index (κ2) is 5.27. The highest BCUT2D eigenvalue weighted by atomic mass is 16.3. The number of carbonyl (C=O) groups excluding carboxylic acids is 1. The van der Waals surface area contributed by atoms with Gasteiger partial charge in [0.25, 0.3) is 5.91 Å². The summed E-state index contributed by atoms with van der Waals surface area (Å²) in [5, 5.41) is 12.7. The van der Waals surface area contributed by atoms with Gasteiger partial charge < -0.3 is 21.1 Å². The quantitative estimate of drug-likeness (QED) is 0.701. The van der Waals surface area contributed by atoms with Gasteiger partial charge in [0.1, 0.15) is 0 Å². The van der Waals surface area contributed by atoms with Crippen molar-refractivity contribution in [2.75, 3.05) is 31.7 Å². The first kappa shape index (κ1) is 14.3. The predicted octanol–water partition coefficient (Wildman–Crippen LogP) is 1.15. The highest BCUT2D eigenvalue weighted by molar-refractivity contribution is 5.95. The molecular weight excluding hydrogens is 230 g/mol. The van der Waals surface area contributed by atoms with Gasteiger partial charge in [0.15, 0.2) is 0 Å². The Kier molecular flexibility index (Phi) is 4.19. The van der Waals surface area contributed by atoms with Crippen molar-refractivity contribution in [2.45, 2.75) is 19.4 Å². The molecule has 1 aromatic rings. The third kappa shape index (κ3) is 3.92. The average Bonchev–Trinajstić information content (AvgIpc) is 2.25. The van der Waals surface area contributed by atoms with Crippen LogP contribution in [0.25, 0.3) is 0 Å². The Bertz CT molecular complexity index is 436. The van der Waals surface area contributed by atoms with Gasteiger partial charge in [0.05, 0.1) is 17.0 Å². The van der Waals surface area contributed by atoms with E-state index in [9.17, 15) is 9.90 Å². The largest absolute Gasteiger partial charge is 0.397 e. The fourth-order valence-electron chi connectivity index (χ4n) is 1.41. The van der Waals surface area contributed by atoms with Gasteiger partial charge in [0, 0.05) is 26.2 Å². The van der Waals surface area contributed by atoms with Crippen LogP contribution < -0.4 is 11.1 Å². The van der Waals surface area contributed by atoms with Crippen LogP contribution in [0, 0.1) is 0 Å². The molecule has 5 heteroatoms. The Balaban J connectivity index is 2.91. The number of nitrogens with two attached hydrogens (primary N) is 1. The highest BCUT2D eigenvalue weighted by Gasteiger charge is 2.14. The fourth-order valence-corrected chi connectivity index (χ4v) is 1.41. The molecule has 0 radical (unpaired) electrons. The summed E-state index contributed by atoms with van der Waals surface area (Å²) >= 11 is 0. The molecule has 1 aromatic carbocycles. The van der Waals surface area contributed by atoms with Crippen molar-refractivity contribution in [1.29, 1.82) is 0 Å². The number of anilines is 2. The van der Waals surface area contributed by atoms with E-state index in [1.165, 1.54) is 4.90 Å². The lowest BCUT2D eigenvalue weighted by atomic mass is 10.1. The molecule has 1 amide bonds. The van der Waals surface area contributed by atoms with E-state index in [0.29, 0.717) is 23.5 Å². The molecule has 0 unspecified atom stereocenters. The predicted molar refractivity (Wildman–Crippen MR) is 73.7 cm³/mol. The highest BCUT2D eigenvalue weighted by Crippen LogP contribution is 2.21. The van der Waals surface area contributed by atoms with E-state index in [4.69, 9.17) is 5.73 Å². The fraction of sp³-hybridized carbons (Fsp3) is 0.462. The molecule has 100 valence electrons. The Hall–Kier alpha value is -1.75. The van der Waals surface area contributed by atoms with Crippen LogP contribution in [-0.4, -0.2) is 42.2 Å². The van der Waals surface area contributed by atoms with E-state index in [1.807, 2.05) is 0 Å². The molecule has 0 saturated heterocycles. The molecule has 5 nitrogen and oxygen atoms in total. The molecule has 0 aliphatic heterocycles. The van der Waals surface area contributed by atoms with Crippen molar-refractivity contribution in [1.82, 2.24) is 4.90 Å². The van der Waals surface area contributed by atoms with Crippen LogP contribution >= 0.6 is 0 Å². The molecule has 0 heterocycles. The maximum atomic E-state index is 11.8. The first-order chi connectivity index (χ1) is 8.20. The summed E-state index contributed by atoms with van der Waals surface area (Å²) in [6, 6.07) is 5.07. The number of carbonyl (C=O) groups is 1. The minimum absolute atomic E-state index is 0.0821. The van der Waals surface area contributed by atoms with Crippen molar-refractivity contribution < 1.29 is 9.90 Å². The maximum absolute atomic E-state index is 11.8. The monoisotopic (exact) mass is 251 g/mol. The Morgan fingerprint density at radius 3 is 2.56 bits per heavy atom. The normalized spacial score (nSPS) is 11.2. The smallest absolute Gasteiger partial charge is 0.253 e. The number of aliphatic hydroxyl groups is 1. The number of amides is 1. The van der Waals surface area contributed by atoms with Crippen molar-refractivity contribution in [3.8, 4) is 0 Å². The van der Waals surface area contributed by atoms with Gasteiger partial charge in [-0.1, -0.05) is 0 Å². The van der Waals surface area contributed by atoms with Crippen LogP contribution in [0.5, 0.6) is 0 Å². The molecule has 0 fully saturated rings. The van der Waals surface area contributed by atoms with E-state index < -0.39 is 5.60 Å². The zero-order chi connectivity index (χ0) is 13.9. The lowest BCUT2D eigenvalue weighted by Crippen LogP contribution is -2.29. The van der Waals surface area contributed by atoms with Crippen molar-refractivity contribution in [3.63, 3.8) is 0 Å². The average molecular weight is 251 g/mol. The van der Waals surface area contributed by atoms with Crippen LogP contribution in [0.15, 0.2) is 18.2 Å². The van der Waals surface area contributed by atoms with E-state index in [-0.39, 0.29) is 5.91 Å². The molecule has 0 saturated carbocycles. The van der Waals surface area contributed by atoms with Crippen LogP contribution in [0.2, 0.25) is 0 Å². The number of nitrogens with zero attached hydrogens (tertiary/aromatic N) is 1. The van der Waals surface area contributed by atoms with E-state index >= 15 is 0 Å². The lowest BCUT2D eigenvalue weighted by Gasteiger charge is -2.20. The van der Waals surface area contributed by atoms with E-state index in [2.05, 4.69) is 5.32 Å². The minimum atomic E-state index is -0.839. The van der Waals surface area contributed by atoms with Crippen molar-refractivity contribution in [3.05, 3.63) is 23.8 Å². The number of benzene rings is 1. The third-order valence-corrected chi connectivity index (χ3v) is 2.42. The van der Waals surface area contributed by atoms with E-state index in [1.54, 1.807) is 46.1 Å². The van der Waals surface area contributed by atoms with Crippen molar-refractivity contribution >= 4 is 17.3 Å². The zero-order valence-electron chi connectivity index (χ0n) is 11.3. The topological polar surface area (TPSA) is 78.6 Å². The van der Waals surface area contributed by atoms with Gasteiger partial charge >= 0.3 is 0 Å². The second-order valence-corrected chi connectivity index (χ2v) is 5.17. The van der Waals surface area contributed by atoms with Gasteiger partial charge in [-0.2, -0.15) is 0 Å².